The van der Waals surface area contributed by atoms with Gasteiger partial charge in [0.05, 0.1) is 12.4 Å². The maximum Gasteiger partial charge on any atom is 0.404 e. The van der Waals surface area contributed by atoms with Crippen molar-refractivity contribution in [3.8, 4) is 0 Å². The third-order valence-corrected chi connectivity index (χ3v) is 2.10. The van der Waals surface area contributed by atoms with E-state index < -0.39 is 16.2 Å². The molecule has 0 spiro atoms. The fourth-order valence-corrected chi connectivity index (χ4v) is 1.25. The number of carbonyl (C=O) groups is 1. The first-order valence-electron chi connectivity index (χ1n) is 4.70. The number of hydrogen-bond donors (Lipinski definition) is 2. The van der Waals surface area contributed by atoms with Crippen LogP contribution >= 0.6 is 0 Å². The molecule has 0 bridgehead atoms. The van der Waals surface area contributed by atoms with Crippen LogP contribution in [0.2, 0.25) is 0 Å². The fourth-order valence-electron chi connectivity index (χ4n) is 0.677. The highest BCUT2D eigenvalue weighted by atomic mass is 32.2. The normalized spacial score (nSPS) is 10.1. The summed E-state index contributed by atoms with van der Waals surface area (Å²) < 4.78 is 32.5. The molecule has 0 atom stereocenters. The van der Waals surface area contributed by atoms with E-state index in [4.69, 9.17) is 4.55 Å². The van der Waals surface area contributed by atoms with Gasteiger partial charge in [0.15, 0.2) is 0 Å². The number of hydrogen-bond acceptors (Lipinski definition) is 4. The van der Waals surface area contributed by atoms with E-state index in [1.807, 2.05) is 6.92 Å². The molecule has 1 amide bonds. The van der Waals surface area contributed by atoms with Crippen LogP contribution in [-0.2, 0) is 14.9 Å². The number of carbonyl (C=O) groups excluding carboxylic acids is 1. The van der Waals surface area contributed by atoms with Crippen molar-refractivity contribution in [1.29, 1.82) is 0 Å². The van der Waals surface area contributed by atoms with Gasteiger partial charge in [-0.1, -0.05) is 19.8 Å². The summed E-state index contributed by atoms with van der Waals surface area (Å²) in [5.74, 6) is -0.0964. The number of amides is 1. The van der Waals surface area contributed by atoms with Crippen LogP contribution in [0.15, 0.2) is 0 Å². The first kappa shape index (κ1) is 16.6. The van der Waals surface area contributed by atoms with E-state index in [1.165, 1.54) is 0 Å². The Hall–Kier alpha value is -0.820. The van der Waals surface area contributed by atoms with Crippen molar-refractivity contribution in [3.63, 3.8) is 0 Å². The predicted octanol–water partition coefficient (Wildman–Crippen LogP) is 1.17. The molecule has 0 rings (SSSR count). The molecular formula is C8H19NO5S. The van der Waals surface area contributed by atoms with Crippen molar-refractivity contribution < 1.29 is 22.5 Å². The molecule has 7 heteroatoms. The minimum atomic E-state index is -3.70. The zero-order valence-electron chi connectivity index (χ0n) is 9.10. The Balaban J connectivity index is 0. The quantitative estimate of drug-likeness (QED) is 0.555. The molecule has 0 saturated carbocycles. The molecule has 0 aliphatic carbocycles. The number of nitrogens with two attached hydrogens (primary N) is 1. The van der Waals surface area contributed by atoms with Crippen LogP contribution in [0.5, 0.6) is 0 Å². The molecule has 92 valence electrons. The second-order valence-electron chi connectivity index (χ2n) is 2.75. The SMILES string of the molecule is CCCCCS(=O)(=O)O.CCOC(N)=O. The van der Waals surface area contributed by atoms with Gasteiger partial charge in [0.1, 0.15) is 0 Å². The lowest BCUT2D eigenvalue weighted by Crippen LogP contribution is -2.11. The Morgan fingerprint density at radius 2 is 1.87 bits per heavy atom. The van der Waals surface area contributed by atoms with E-state index >= 15 is 0 Å². The zero-order valence-corrected chi connectivity index (χ0v) is 9.92. The summed E-state index contributed by atoms with van der Waals surface area (Å²) in [6, 6.07) is 0. The van der Waals surface area contributed by atoms with E-state index in [1.54, 1.807) is 6.92 Å². The van der Waals surface area contributed by atoms with Crippen LogP contribution in [0, 0.1) is 0 Å². The summed E-state index contributed by atoms with van der Waals surface area (Å²) in [4.78, 5) is 9.60. The van der Waals surface area contributed by atoms with Gasteiger partial charge in [-0.25, -0.2) is 4.79 Å². The smallest absolute Gasteiger partial charge is 0.404 e. The number of primary amides is 1. The topological polar surface area (TPSA) is 107 Å². The molecule has 6 nitrogen and oxygen atoms in total. The second-order valence-corrected chi connectivity index (χ2v) is 4.32. The number of unbranched alkanes of at least 4 members (excludes halogenated alkanes) is 2. The zero-order chi connectivity index (χ0) is 12.3. The molecule has 0 heterocycles. The summed E-state index contributed by atoms with van der Waals surface area (Å²) in [7, 11) is -3.70. The predicted molar refractivity (Wildman–Crippen MR) is 57.2 cm³/mol. The van der Waals surface area contributed by atoms with E-state index in [2.05, 4.69) is 10.5 Å². The van der Waals surface area contributed by atoms with Gasteiger partial charge in [-0.3, -0.25) is 4.55 Å². The average Bonchev–Trinajstić information content (AvgIpc) is 2.03. The number of rotatable bonds is 5. The van der Waals surface area contributed by atoms with Crippen LogP contribution in [0.1, 0.15) is 33.1 Å². The fraction of sp³-hybridized carbons (Fsp3) is 0.875. The van der Waals surface area contributed by atoms with Gasteiger partial charge >= 0.3 is 6.09 Å². The lowest BCUT2D eigenvalue weighted by Gasteiger charge is -1.92. The van der Waals surface area contributed by atoms with Gasteiger partial charge in [0.25, 0.3) is 10.1 Å². The summed E-state index contributed by atoms with van der Waals surface area (Å²) in [6.45, 7) is 4.03. The summed E-state index contributed by atoms with van der Waals surface area (Å²) in [6.07, 6.45) is 1.68. The van der Waals surface area contributed by atoms with Crippen molar-refractivity contribution in [2.24, 2.45) is 5.73 Å². The van der Waals surface area contributed by atoms with E-state index in [9.17, 15) is 13.2 Å². The monoisotopic (exact) mass is 241 g/mol. The molecular weight excluding hydrogens is 222 g/mol. The highest BCUT2D eigenvalue weighted by Crippen LogP contribution is 1.96. The Morgan fingerprint density at radius 1 is 1.33 bits per heavy atom. The third-order valence-electron chi connectivity index (χ3n) is 1.29. The van der Waals surface area contributed by atoms with Gasteiger partial charge in [-0.05, 0) is 13.3 Å². The van der Waals surface area contributed by atoms with Crippen molar-refractivity contribution in [1.82, 2.24) is 0 Å². The van der Waals surface area contributed by atoms with Crippen LogP contribution in [0.4, 0.5) is 4.79 Å². The maximum atomic E-state index is 10.1. The minimum Gasteiger partial charge on any atom is -0.450 e. The van der Waals surface area contributed by atoms with Crippen LogP contribution in [0.25, 0.3) is 0 Å². The minimum absolute atomic E-state index is 0.0964. The first-order chi connectivity index (χ1) is 6.83. The summed E-state index contributed by atoms with van der Waals surface area (Å²) in [5.41, 5.74) is 4.54. The molecule has 0 aliphatic rings. The first-order valence-corrected chi connectivity index (χ1v) is 6.31. The van der Waals surface area contributed by atoms with Crippen LogP contribution in [0.3, 0.4) is 0 Å². The van der Waals surface area contributed by atoms with E-state index in [0.717, 1.165) is 12.8 Å². The highest BCUT2D eigenvalue weighted by Gasteiger charge is 2.01. The molecule has 0 saturated heterocycles. The van der Waals surface area contributed by atoms with Gasteiger partial charge in [0, 0.05) is 0 Å². The lowest BCUT2D eigenvalue weighted by molar-refractivity contribution is 0.163. The second kappa shape index (κ2) is 9.72. The molecule has 0 aliphatic heterocycles. The van der Waals surface area contributed by atoms with Crippen LogP contribution in [-0.4, -0.2) is 31.4 Å². The summed E-state index contributed by atoms with van der Waals surface area (Å²) >= 11 is 0. The van der Waals surface area contributed by atoms with Gasteiger partial charge < -0.3 is 10.5 Å². The van der Waals surface area contributed by atoms with Crippen molar-refractivity contribution >= 4 is 16.2 Å². The molecule has 0 aromatic heterocycles. The third kappa shape index (κ3) is 24.6. The molecule has 0 radical (unpaired) electrons. The van der Waals surface area contributed by atoms with E-state index in [0.29, 0.717) is 13.0 Å². The molecule has 0 fully saturated rings. The van der Waals surface area contributed by atoms with E-state index in [-0.39, 0.29) is 5.75 Å². The highest BCUT2D eigenvalue weighted by molar-refractivity contribution is 7.85. The lowest BCUT2D eigenvalue weighted by atomic mass is 10.3. The Bertz CT molecular complexity index is 250. The Labute approximate surface area is 90.5 Å². The average molecular weight is 241 g/mol. The largest absolute Gasteiger partial charge is 0.450 e. The van der Waals surface area contributed by atoms with Crippen molar-refractivity contribution in [2.75, 3.05) is 12.4 Å². The molecule has 15 heavy (non-hydrogen) atoms. The van der Waals surface area contributed by atoms with Gasteiger partial charge in [-0.2, -0.15) is 8.42 Å². The van der Waals surface area contributed by atoms with Gasteiger partial charge in [-0.15, -0.1) is 0 Å². The van der Waals surface area contributed by atoms with Crippen molar-refractivity contribution in [3.05, 3.63) is 0 Å². The van der Waals surface area contributed by atoms with Gasteiger partial charge in [0.2, 0.25) is 0 Å². The Kier molecular flexibility index (Phi) is 10.8. The molecule has 0 unspecified atom stereocenters. The molecule has 0 aromatic carbocycles. The Morgan fingerprint density at radius 3 is 2.07 bits per heavy atom. The van der Waals surface area contributed by atoms with Crippen molar-refractivity contribution in [2.45, 2.75) is 33.1 Å². The van der Waals surface area contributed by atoms with Crippen LogP contribution < -0.4 is 5.73 Å². The number of ether oxygens (including phenoxy) is 1. The maximum absolute atomic E-state index is 10.1. The molecule has 3 N–H and O–H groups in total. The standard InChI is InChI=1S/C5H12O3S.C3H7NO2/c1-2-3-4-5-9(6,7)8;1-2-6-3(4)5/h2-5H2,1H3,(H,6,7,8);2H2,1H3,(H2,4,5). The summed E-state index contributed by atoms with van der Waals surface area (Å²) in [5, 5.41) is 0. The molecule has 0 aromatic rings.